The van der Waals surface area contributed by atoms with Gasteiger partial charge in [0.25, 0.3) is 5.91 Å². The van der Waals surface area contributed by atoms with Gasteiger partial charge in [0.05, 0.1) is 11.3 Å². The highest BCUT2D eigenvalue weighted by Crippen LogP contribution is 2.13. The van der Waals surface area contributed by atoms with Crippen molar-refractivity contribution in [3.63, 3.8) is 0 Å². The molecule has 2 aromatic rings. The standard InChI is InChI=1S/C12H13FN6O2S/c1-7-15-18-12(19(7)14)22-6-10(20)16-17-11(21)8-4-2-3-5-9(8)13/h2-5H,6,14H2,1H3,(H,16,20)(H,17,21). The lowest BCUT2D eigenvalue weighted by Crippen LogP contribution is -2.42. The molecule has 22 heavy (non-hydrogen) atoms. The minimum atomic E-state index is -0.741. The molecule has 0 bridgehead atoms. The second-order valence-corrected chi connectivity index (χ2v) is 5.11. The molecule has 0 saturated heterocycles. The van der Waals surface area contributed by atoms with E-state index in [9.17, 15) is 14.0 Å². The monoisotopic (exact) mass is 324 g/mol. The van der Waals surface area contributed by atoms with Gasteiger partial charge in [-0.2, -0.15) is 0 Å². The second kappa shape index (κ2) is 6.89. The average Bonchev–Trinajstić information content (AvgIpc) is 2.82. The third kappa shape index (κ3) is 3.73. The van der Waals surface area contributed by atoms with Crippen LogP contribution in [0.15, 0.2) is 29.4 Å². The molecule has 0 saturated carbocycles. The van der Waals surface area contributed by atoms with Crippen LogP contribution in [0.25, 0.3) is 0 Å². The van der Waals surface area contributed by atoms with Gasteiger partial charge in [0.1, 0.15) is 11.6 Å². The molecule has 10 heteroatoms. The first-order chi connectivity index (χ1) is 10.5. The van der Waals surface area contributed by atoms with E-state index in [0.29, 0.717) is 11.0 Å². The van der Waals surface area contributed by atoms with Gasteiger partial charge in [-0.15, -0.1) is 10.2 Å². The number of rotatable bonds is 4. The number of amides is 2. The van der Waals surface area contributed by atoms with Crippen LogP contribution in [0.2, 0.25) is 0 Å². The van der Waals surface area contributed by atoms with Crippen molar-refractivity contribution in [2.45, 2.75) is 12.1 Å². The van der Waals surface area contributed by atoms with E-state index in [1.165, 1.54) is 22.9 Å². The minimum absolute atomic E-state index is 0.0348. The van der Waals surface area contributed by atoms with E-state index in [4.69, 9.17) is 5.84 Å². The Kier molecular flexibility index (Phi) is 4.94. The van der Waals surface area contributed by atoms with Crippen LogP contribution in [0.5, 0.6) is 0 Å². The Hall–Kier alpha value is -2.62. The SMILES string of the molecule is Cc1nnc(SCC(=O)NNC(=O)c2ccccc2F)n1N. The van der Waals surface area contributed by atoms with E-state index in [1.807, 2.05) is 0 Å². The molecule has 4 N–H and O–H groups in total. The lowest BCUT2D eigenvalue weighted by molar-refractivity contribution is -0.119. The summed E-state index contributed by atoms with van der Waals surface area (Å²) in [6, 6.07) is 5.45. The number of nitrogens with two attached hydrogens (primary N) is 1. The number of aryl methyl sites for hydroxylation is 1. The number of nitrogens with one attached hydrogen (secondary N) is 2. The predicted octanol–water partition coefficient (Wildman–Crippen LogP) is -0.00728. The molecule has 0 aliphatic rings. The maximum atomic E-state index is 13.4. The van der Waals surface area contributed by atoms with E-state index in [2.05, 4.69) is 21.0 Å². The van der Waals surface area contributed by atoms with E-state index in [0.717, 1.165) is 17.8 Å². The van der Waals surface area contributed by atoms with Gasteiger partial charge in [0.2, 0.25) is 11.1 Å². The van der Waals surface area contributed by atoms with Gasteiger partial charge in [0.15, 0.2) is 0 Å². The van der Waals surface area contributed by atoms with Crippen LogP contribution in [-0.4, -0.2) is 32.4 Å². The average molecular weight is 324 g/mol. The van der Waals surface area contributed by atoms with Crippen molar-refractivity contribution in [3.8, 4) is 0 Å². The summed E-state index contributed by atoms with van der Waals surface area (Å²) in [6.45, 7) is 1.67. The fourth-order valence-electron chi connectivity index (χ4n) is 1.45. The smallest absolute Gasteiger partial charge is 0.272 e. The molecule has 1 heterocycles. The fraction of sp³-hybridized carbons (Fsp3) is 0.167. The number of hydrogen-bond donors (Lipinski definition) is 3. The third-order valence-electron chi connectivity index (χ3n) is 2.60. The van der Waals surface area contributed by atoms with E-state index < -0.39 is 17.6 Å². The fourth-order valence-corrected chi connectivity index (χ4v) is 2.16. The molecule has 0 spiro atoms. The summed E-state index contributed by atoms with van der Waals surface area (Å²) in [4.78, 5) is 23.3. The van der Waals surface area contributed by atoms with Gasteiger partial charge in [-0.25, -0.2) is 9.07 Å². The number of aromatic nitrogens is 3. The van der Waals surface area contributed by atoms with Gasteiger partial charge in [-0.05, 0) is 19.1 Å². The molecule has 0 radical (unpaired) electrons. The summed E-state index contributed by atoms with van der Waals surface area (Å²) < 4.78 is 14.6. The number of nitrogen functional groups attached to an aromatic ring is 1. The van der Waals surface area contributed by atoms with Crippen molar-refractivity contribution in [1.82, 2.24) is 25.7 Å². The zero-order chi connectivity index (χ0) is 16.1. The van der Waals surface area contributed by atoms with Gasteiger partial charge in [-0.3, -0.25) is 20.4 Å². The van der Waals surface area contributed by atoms with Crippen molar-refractivity contribution >= 4 is 23.6 Å². The largest absolute Gasteiger partial charge is 0.336 e. The molecule has 0 aliphatic heterocycles. The van der Waals surface area contributed by atoms with Gasteiger partial charge >= 0.3 is 0 Å². The van der Waals surface area contributed by atoms with Gasteiger partial charge in [-0.1, -0.05) is 23.9 Å². The molecule has 0 unspecified atom stereocenters. The van der Waals surface area contributed by atoms with Crippen LogP contribution in [0.3, 0.4) is 0 Å². The third-order valence-corrected chi connectivity index (χ3v) is 3.54. The molecule has 1 aromatic heterocycles. The Balaban J connectivity index is 1.82. The molecule has 1 aromatic carbocycles. The number of carbonyl (C=O) groups is 2. The predicted molar refractivity (Wildman–Crippen MR) is 77.6 cm³/mol. The molecular weight excluding hydrogens is 311 g/mol. The van der Waals surface area contributed by atoms with Crippen LogP contribution in [-0.2, 0) is 4.79 Å². The summed E-state index contributed by atoms with van der Waals surface area (Å²) in [5.41, 5.74) is 4.15. The van der Waals surface area contributed by atoms with Crippen molar-refractivity contribution in [2.24, 2.45) is 0 Å². The molecule has 116 valence electrons. The van der Waals surface area contributed by atoms with Crippen LogP contribution < -0.4 is 16.7 Å². The maximum absolute atomic E-state index is 13.4. The lowest BCUT2D eigenvalue weighted by Gasteiger charge is -2.07. The lowest BCUT2D eigenvalue weighted by atomic mass is 10.2. The molecule has 0 aliphatic carbocycles. The van der Waals surface area contributed by atoms with Crippen molar-refractivity contribution in [1.29, 1.82) is 0 Å². The Morgan fingerprint density at radius 3 is 2.68 bits per heavy atom. The molecule has 2 amide bonds. The van der Waals surface area contributed by atoms with Crippen LogP contribution in [0, 0.1) is 12.7 Å². The number of benzene rings is 1. The van der Waals surface area contributed by atoms with Crippen molar-refractivity contribution < 1.29 is 14.0 Å². The second-order valence-electron chi connectivity index (χ2n) is 4.17. The molecule has 8 nitrogen and oxygen atoms in total. The molecule has 0 atom stereocenters. The van der Waals surface area contributed by atoms with Gasteiger partial charge < -0.3 is 5.84 Å². The quantitative estimate of drug-likeness (QED) is 0.414. The first-order valence-electron chi connectivity index (χ1n) is 6.12. The Morgan fingerprint density at radius 1 is 1.32 bits per heavy atom. The summed E-state index contributed by atoms with van der Waals surface area (Å²) in [5, 5.41) is 7.89. The Bertz CT molecular complexity index is 705. The van der Waals surface area contributed by atoms with Crippen LogP contribution in [0.1, 0.15) is 16.2 Å². The number of nitrogens with zero attached hydrogens (tertiary/aromatic N) is 3. The summed E-state index contributed by atoms with van der Waals surface area (Å²) >= 11 is 1.05. The number of hydrazine groups is 1. The van der Waals surface area contributed by atoms with Crippen molar-refractivity contribution in [3.05, 3.63) is 41.5 Å². The Labute approximate surface area is 129 Å². The number of hydrogen-bond acceptors (Lipinski definition) is 6. The van der Waals surface area contributed by atoms with Crippen LogP contribution in [0.4, 0.5) is 4.39 Å². The highest BCUT2D eigenvalue weighted by molar-refractivity contribution is 7.99. The summed E-state index contributed by atoms with van der Waals surface area (Å²) in [6.07, 6.45) is 0. The van der Waals surface area contributed by atoms with Crippen LogP contribution >= 0.6 is 11.8 Å². The Morgan fingerprint density at radius 2 is 2.05 bits per heavy atom. The zero-order valence-electron chi connectivity index (χ0n) is 11.5. The highest BCUT2D eigenvalue weighted by atomic mass is 32.2. The number of halogens is 1. The highest BCUT2D eigenvalue weighted by Gasteiger charge is 2.13. The normalized spacial score (nSPS) is 10.3. The maximum Gasteiger partial charge on any atom is 0.272 e. The summed E-state index contributed by atoms with van der Waals surface area (Å²) in [5.74, 6) is 4.20. The molecule has 0 fully saturated rings. The first-order valence-corrected chi connectivity index (χ1v) is 7.11. The van der Waals surface area contributed by atoms with Crippen molar-refractivity contribution in [2.75, 3.05) is 11.6 Å². The molecular formula is C12H13FN6O2S. The number of carbonyl (C=O) groups excluding carboxylic acids is 2. The minimum Gasteiger partial charge on any atom is -0.336 e. The van der Waals surface area contributed by atoms with E-state index in [-0.39, 0.29) is 11.3 Å². The molecule has 2 rings (SSSR count). The topological polar surface area (TPSA) is 115 Å². The van der Waals surface area contributed by atoms with Gasteiger partial charge in [0, 0.05) is 0 Å². The first kappa shape index (κ1) is 15.8. The zero-order valence-corrected chi connectivity index (χ0v) is 12.4. The van der Waals surface area contributed by atoms with E-state index in [1.54, 1.807) is 6.92 Å². The summed E-state index contributed by atoms with van der Waals surface area (Å²) in [7, 11) is 0. The number of thioether (sulfide) groups is 1. The van der Waals surface area contributed by atoms with E-state index >= 15 is 0 Å².